The van der Waals surface area contributed by atoms with E-state index in [4.69, 9.17) is 4.74 Å². The van der Waals surface area contributed by atoms with Gasteiger partial charge in [0.15, 0.2) is 0 Å². The second kappa shape index (κ2) is 7.43. The Kier molecular flexibility index (Phi) is 5.59. The summed E-state index contributed by atoms with van der Waals surface area (Å²) in [4.78, 5) is 12.3. The molecule has 0 spiro atoms. The van der Waals surface area contributed by atoms with Crippen molar-refractivity contribution in [2.45, 2.75) is 51.4 Å². The largest absolute Gasteiger partial charge is 0.508 e. The van der Waals surface area contributed by atoms with Crippen molar-refractivity contribution in [1.29, 1.82) is 0 Å². The zero-order valence-electron chi connectivity index (χ0n) is 12.5. The van der Waals surface area contributed by atoms with Crippen LogP contribution in [0.2, 0.25) is 0 Å². The van der Waals surface area contributed by atoms with E-state index in [1.165, 1.54) is 25.0 Å². The molecule has 1 N–H and O–H groups in total. The Balaban J connectivity index is 2.32. The number of carbonyl (C=O) groups is 1. The van der Waals surface area contributed by atoms with E-state index in [2.05, 4.69) is 0 Å². The van der Waals surface area contributed by atoms with E-state index in [-0.39, 0.29) is 17.6 Å². The molecule has 21 heavy (non-hydrogen) atoms. The minimum atomic E-state index is -0.566. The van der Waals surface area contributed by atoms with Gasteiger partial charge in [0.25, 0.3) is 0 Å². The highest BCUT2D eigenvalue weighted by Crippen LogP contribution is 2.37. The van der Waals surface area contributed by atoms with Crippen LogP contribution in [0.1, 0.15) is 56.9 Å². The number of phenolic OH excluding ortho intramolecular Hbond substituents is 1. The van der Waals surface area contributed by atoms with E-state index in [0.717, 1.165) is 31.7 Å². The van der Waals surface area contributed by atoms with E-state index in [1.54, 1.807) is 6.92 Å². The van der Waals surface area contributed by atoms with Crippen LogP contribution in [0.4, 0.5) is 4.39 Å². The van der Waals surface area contributed by atoms with Crippen molar-refractivity contribution in [3.8, 4) is 5.75 Å². The summed E-state index contributed by atoms with van der Waals surface area (Å²) in [6.45, 7) is 2.05. The Bertz CT molecular complexity index is 479. The molecule has 0 bridgehead atoms. The lowest BCUT2D eigenvalue weighted by molar-refractivity contribution is -0.146. The number of phenols is 1. The number of ether oxygens (including phenoxy) is 1. The molecule has 0 saturated heterocycles. The predicted molar refractivity (Wildman–Crippen MR) is 78.6 cm³/mol. The molecule has 0 amide bonds. The van der Waals surface area contributed by atoms with Crippen molar-refractivity contribution in [2.75, 3.05) is 6.61 Å². The summed E-state index contributed by atoms with van der Waals surface area (Å²) in [5, 5.41) is 9.36. The fourth-order valence-corrected chi connectivity index (χ4v) is 3.22. The van der Waals surface area contributed by atoms with Crippen molar-refractivity contribution >= 4 is 5.97 Å². The van der Waals surface area contributed by atoms with Crippen LogP contribution in [0.15, 0.2) is 18.2 Å². The van der Waals surface area contributed by atoms with E-state index in [0.29, 0.717) is 12.2 Å². The van der Waals surface area contributed by atoms with Crippen molar-refractivity contribution < 1.29 is 19.0 Å². The summed E-state index contributed by atoms with van der Waals surface area (Å²) >= 11 is 0. The first-order chi connectivity index (χ1) is 10.1. The van der Waals surface area contributed by atoms with Gasteiger partial charge >= 0.3 is 5.97 Å². The Hall–Kier alpha value is -1.58. The molecule has 1 aliphatic rings. The fourth-order valence-electron chi connectivity index (χ4n) is 3.22. The third-order valence-electron chi connectivity index (χ3n) is 4.23. The van der Waals surface area contributed by atoms with Gasteiger partial charge < -0.3 is 9.84 Å². The molecule has 1 saturated carbocycles. The molecule has 4 heteroatoms. The van der Waals surface area contributed by atoms with Gasteiger partial charge in [-0.15, -0.1) is 0 Å². The van der Waals surface area contributed by atoms with Gasteiger partial charge in [0.2, 0.25) is 0 Å². The third kappa shape index (κ3) is 3.96. The van der Waals surface area contributed by atoms with Crippen LogP contribution in [0.5, 0.6) is 5.75 Å². The zero-order valence-corrected chi connectivity index (χ0v) is 12.5. The lowest BCUT2D eigenvalue weighted by Gasteiger charge is -2.25. The highest BCUT2D eigenvalue weighted by Gasteiger charge is 2.33. The van der Waals surface area contributed by atoms with Crippen LogP contribution < -0.4 is 0 Å². The smallest absolute Gasteiger partial charge is 0.313 e. The van der Waals surface area contributed by atoms with Crippen molar-refractivity contribution in [3.05, 3.63) is 29.6 Å². The lowest BCUT2D eigenvalue weighted by atomic mass is 9.81. The van der Waals surface area contributed by atoms with E-state index in [1.807, 2.05) is 0 Å². The number of aromatic hydroxyl groups is 1. The Morgan fingerprint density at radius 3 is 2.57 bits per heavy atom. The molecule has 1 atom stereocenters. The highest BCUT2D eigenvalue weighted by molar-refractivity contribution is 5.78. The summed E-state index contributed by atoms with van der Waals surface area (Å²) in [6.07, 6.45) is 6.32. The van der Waals surface area contributed by atoms with Crippen molar-refractivity contribution in [2.24, 2.45) is 5.92 Å². The molecule has 0 aromatic heterocycles. The van der Waals surface area contributed by atoms with Gasteiger partial charge in [-0.25, -0.2) is 4.39 Å². The molecule has 0 radical (unpaired) electrons. The van der Waals surface area contributed by atoms with Crippen molar-refractivity contribution in [1.82, 2.24) is 0 Å². The molecule has 3 nitrogen and oxygen atoms in total. The lowest BCUT2D eigenvalue weighted by Crippen LogP contribution is -2.25. The van der Waals surface area contributed by atoms with Crippen LogP contribution in [0.3, 0.4) is 0 Å². The first-order valence-electron chi connectivity index (χ1n) is 7.78. The molecule has 2 rings (SSSR count). The molecule has 0 heterocycles. The van der Waals surface area contributed by atoms with Crippen molar-refractivity contribution in [3.63, 3.8) is 0 Å². The van der Waals surface area contributed by atoms with Gasteiger partial charge in [-0.05, 0) is 31.7 Å². The molecular weight excluding hydrogens is 271 g/mol. The number of carbonyl (C=O) groups excluding carboxylic acids is 1. The normalized spacial score (nSPS) is 18.0. The van der Waals surface area contributed by atoms with Gasteiger partial charge in [-0.1, -0.05) is 31.7 Å². The Morgan fingerprint density at radius 1 is 1.33 bits per heavy atom. The molecule has 1 aromatic carbocycles. The number of halogens is 1. The van der Waals surface area contributed by atoms with E-state index < -0.39 is 11.7 Å². The molecule has 1 fully saturated rings. The second-order valence-electron chi connectivity index (χ2n) is 5.69. The monoisotopic (exact) mass is 294 g/mol. The third-order valence-corrected chi connectivity index (χ3v) is 4.23. The molecule has 1 aliphatic carbocycles. The van der Waals surface area contributed by atoms with E-state index in [9.17, 15) is 14.3 Å². The summed E-state index contributed by atoms with van der Waals surface area (Å²) in [5.74, 6) is -1.46. The SMILES string of the molecule is CCOC(=O)C(c1ccc(O)cc1F)C1CCCCCC1. The molecule has 1 unspecified atom stereocenters. The highest BCUT2D eigenvalue weighted by atomic mass is 19.1. The molecule has 0 aliphatic heterocycles. The van der Waals surface area contributed by atoms with Crippen LogP contribution in [0.25, 0.3) is 0 Å². The minimum absolute atomic E-state index is 0.116. The minimum Gasteiger partial charge on any atom is -0.508 e. The number of hydrogen-bond donors (Lipinski definition) is 1. The standard InChI is InChI=1S/C17H23FO3/c1-2-21-17(20)16(12-7-5-3-4-6-8-12)14-10-9-13(19)11-15(14)18/h9-12,16,19H,2-8H2,1H3. The van der Waals surface area contributed by atoms with Crippen LogP contribution in [-0.2, 0) is 9.53 Å². The maximum atomic E-state index is 14.2. The van der Waals surface area contributed by atoms with Gasteiger partial charge in [-0.2, -0.15) is 0 Å². The molecular formula is C17H23FO3. The van der Waals surface area contributed by atoms with Gasteiger partial charge in [-0.3, -0.25) is 4.79 Å². The number of rotatable bonds is 4. The average molecular weight is 294 g/mol. The summed E-state index contributed by atoms with van der Waals surface area (Å²) in [6, 6.07) is 4.01. The first-order valence-corrected chi connectivity index (χ1v) is 7.78. The van der Waals surface area contributed by atoms with Crippen LogP contribution >= 0.6 is 0 Å². The Labute approximate surface area is 125 Å². The van der Waals surface area contributed by atoms with Crippen LogP contribution in [0, 0.1) is 11.7 Å². The molecule has 116 valence electrons. The number of hydrogen-bond acceptors (Lipinski definition) is 3. The average Bonchev–Trinajstić information content (AvgIpc) is 2.71. The maximum Gasteiger partial charge on any atom is 0.313 e. The summed E-state index contributed by atoms with van der Waals surface area (Å²) < 4.78 is 19.4. The van der Waals surface area contributed by atoms with E-state index >= 15 is 0 Å². The van der Waals surface area contributed by atoms with Gasteiger partial charge in [0, 0.05) is 11.6 Å². The quantitative estimate of drug-likeness (QED) is 0.670. The number of esters is 1. The summed E-state index contributed by atoms with van der Waals surface area (Å²) in [7, 11) is 0. The molecule has 1 aromatic rings. The Morgan fingerprint density at radius 2 is 2.00 bits per heavy atom. The second-order valence-corrected chi connectivity index (χ2v) is 5.69. The predicted octanol–water partition coefficient (Wildman–Crippen LogP) is 4.15. The summed E-state index contributed by atoms with van der Waals surface area (Å²) in [5.41, 5.74) is 0.346. The fraction of sp³-hybridized carbons (Fsp3) is 0.588. The zero-order chi connectivity index (χ0) is 15.2. The van der Waals surface area contributed by atoms with Crippen LogP contribution in [-0.4, -0.2) is 17.7 Å². The van der Waals surface area contributed by atoms with Gasteiger partial charge in [0.1, 0.15) is 11.6 Å². The maximum absolute atomic E-state index is 14.2. The number of benzene rings is 1. The topological polar surface area (TPSA) is 46.5 Å². The van der Waals surface area contributed by atoms with Gasteiger partial charge in [0.05, 0.1) is 12.5 Å². The first kappa shape index (κ1) is 15.8.